The smallest absolute Gasteiger partial charge is 0.246 e. The van der Waals surface area contributed by atoms with Crippen molar-refractivity contribution in [2.75, 3.05) is 72.0 Å². The number of hydrogen-bond donors (Lipinski definition) is 18. The Morgan fingerprint density at radius 2 is 1.04 bits per heavy atom. The number of thioether (sulfide) groups is 1. The number of fused-ring (bicyclic) bond motifs is 4. The van der Waals surface area contributed by atoms with E-state index in [9.17, 15) is 58.2 Å². The van der Waals surface area contributed by atoms with Crippen molar-refractivity contribution < 1.29 is 91.7 Å². The number of likely N-dealkylation sites (N-methyl/N-ethyl adjacent to an activating group) is 3. The van der Waals surface area contributed by atoms with Crippen LogP contribution in [0.3, 0.4) is 0 Å². The van der Waals surface area contributed by atoms with Gasteiger partial charge in [0, 0.05) is 106 Å². The van der Waals surface area contributed by atoms with Crippen molar-refractivity contribution in [2.45, 2.75) is 228 Å². The maximum atomic E-state index is 15.8. The lowest BCUT2D eigenvalue weighted by molar-refractivity contribution is -0.149. The average Bonchev–Trinajstić information content (AvgIpc) is 1.56. The van der Waals surface area contributed by atoms with E-state index in [1.54, 1.807) is 93.0 Å². The molecule has 0 bridgehead atoms. The summed E-state index contributed by atoms with van der Waals surface area (Å²) in [5, 5.41) is 49.5. The topological polar surface area (TPSA) is 603 Å². The van der Waals surface area contributed by atoms with E-state index in [1.807, 2.05) is 26.0 Å². The van der Waals surface area contributed by atoms with E-state index in [-0.39, 0.29) is 102 Å². The lowest BCUT2D eigenvalue weighted by Gasteiger charge is -2.36. The summed E-state index contributed by atoms with van der Waals surface area (Å²) in [5.41, 5.74) is 27.0. The van der Waals surface area contributed by atoms with E-state index in [2.05, 4.69) is 63.1 Å². The van der Waals surface area contributed by atoms with Crippen molar-refractivity contribution in [3.8, 4) is 5.75 Å². The first-order chi connectivity index (χ1) is 64.0. The number of phenolic OH excluding ortho intramolecular Hbond substituents is 1. The Morgan fingerprint density at radius 3 is 1.64 bits per heavy atom. The summed E-state index contributed by atoms with van der Waals surface area (Å²) in [6, 6.07) is 7.67. The van der Waals surface area contributed by atoms with Gasteiger partial charge in [-0.2, -0.15) is 0 Å². The number of nitrogens with one attached hydrogen (secondary N) is 12. The molecule has 0 radical (unpaired) electrons. The average molecular weight is 1880 g/mol. The van der Waals surface area contributed by atoms with Crippen LogP contribution in [-0.2, 0) is 101 Å². The number of benzene rings is 4. The third-order valence-corrected chi connectivity index (χ3v) is 25.6. The number of aliphatic hydroxyl groups is 1. The molecule has 40 nitrogen and oxygen atoms in total. The summed E-state index contributed by atoms with van der Waals surface area (Å²) >= 11 is 0.785. The summed E-state index contributed by atoms with van der Waals surface area (Å²) < 4.78 is 0. The summed E-state index contributed by atoms with van der Waals surface area (Å²) in [4.78, 5) is 262. The Hall–Kier alpha value is -13.0. The summed E-state index contributed by atoms with van der Waals surface area (Å²) in [5.74, 6) is -17.3. The minimum absolute atomic E-state index is 0.00157. The quantitative estimate of drug-likeness (QED) is 0.0326. The molecule has 0 saturated carbocycles. The highest BCUT2D eigenvalue weighted by Gasteiger charge is 2.47. The Morgan fingerprint density at radius 1 is 0.515 bits per heavy atom. The monoisotopic (exact) mass is 1880 g/mol. The predicted molar refractivity (Wildman–Crippen MR) is 499 cm³/mol. The fraction of sp³-hybridized carbons (Fsp3) is 0.516. The van der Waals surface area contributed by atoms with E-state index < -0.39 is 229 Å². The van der Waals surface area contributed by atoms with Gasteiger partial charge in [0.15, 0.2) is 0 Å². The van der Waals surface area contributed by atoms with Gasteiger partial charge in [-0.25, -0.2) is 0 Å². The molecule has 3 aliphatic rings. The molecule has 41 heteroatoms. The number of unbranched alkanes of at least 4 members (excludes halogenated alkanes) is 2. The second-order valence-corrected chi connectivity index (χ2v) is 35.9. The zero-order chi connectivity index (χ0) is 97.7. The molecule has 5 heterocycles. The molecular formula is C93H129N21O19S. The minimum Gasteiger partial charge on any atom is -0.508 e. The van der Waals surface area contributed by atoms with Gasteiger partial charge in [-0.3, -0.25) is 81.5 Å². The zero-order valence-electron chi connectivity index (χ0n) is 77.0. The number of rotatable bonds is 25. The Labute approximate surface area is 781 Å². The molecule has 134 heavy (non-hydrogen) atoms. The van der Waals surface area contributed by atoms with E-state index in [1.165, 1.54) is 67.0 Å². The number of nitrogens with zero attached hydrogens (tertiary/aromatic N) is 5. The Kier molecular flexibility index (Phi) is 39.2. The third-order valence-electron chi connectivity index (χ3n) is 24.6. The fourth-order valence-corrected chi connectivity index (χ4v) is 17.8. The lowest BCUT2D eigenvalue weighted by atomic mass is 9.96. The molecule has 0 unspecified atom stereocenters. The summed E-state index contributed by atoms with van der Waals surface area (Å²) in [6.07, 6.45) is 3.63. The van der Waals surface area contributed by atoms with E-state index in [4.69, 9.17) is 22.9 Å². The number of amides is 17. The summed E-state index contributed by atoms with van der Waals surface area (Å²) in [7, 11) is 3.97. The Balaban J connectivity index is 1.10. The molecule has 0 spiro atoms. The number of hydrogen-bond acceptors (Lipinski definition) is 22. The van der Waals surface area contributed by atoms with Crippen LogP contribution in [0.2, 0.25) is 0 Å². The highest BCUT2D eigenvalue weighted by molar-refractivity contribution is 8.00. The number of carbonyl (C=O) groups excluding carboxylic acids is 17. The molecule has 0 aliphatic carbocycles. The number of aromatic hydroxyl groups is 1. The van der Waals surface area contributed by atoms with Crippen molar-refractivity contribution >= 4 is 134 Å². The van der Waals surface area contributed by atoms with Crippen molar-refractivity contribution in [3.63, 3.8) is 0 Å². The van der Waals surface area contributed by atoms with Gasteiger partial charge in [-0.05, 0) is 117 Å². The number of H-pyrrole nitrogens is 2. The predicted octanol–water partition coefficient (Wildman–Crippen LogP) is -1.04. The van der Waals surface area contributed by atoms with Crippen molar-refractivity contribution in [1.82, 2.24) is 87.6 Å². The van der Waals surface area contributed by atoms with Crippen LogP contribution in [0.15, 0.2) is 116 Å². The standard InChI is InChI=1S/C93H129N21O19S/c1-9-11-29-73-86(126)102-64(28-20-36-94)82(122)109-72(81(121)100-47-78(97)118)50-134-51-79(119)101-67(39-54-32-34-59(116)35-33-54)89(129)110(6)53(5)80(120)104-69(43-77(96)117)91(131)113-37-21-31-74(113)87(127)107-70(44-95)84(124)105-66(38-52(3)4)92(132)114-48-58(55-22-14-13-15-23-55)42-76(114)88(128)103-65(40-56-45-98-62-26-18-16-24-60(56)62)83(123)108-71(49-115)85(125)106-68(41-57-46-99-63-27-19-17-25-61(57)63)90(130)112(8)75(30-12-10-2)93(133)111(73)7/h13-19,22-27,32-35,45-46,52-53,58,64-76,98-99,115-116H,9-12,20-21,28-31,36-44,47-51,94-95H2,1-8H3,(H2,96,117)(H2,97,118)(H,100,121)(H,101,119)(H,102,126)(H,103,128)(H,104,120)(H,105,124)(H,106,125)(H,107,127)(H,108,123)(H,109,122)/t53-,58-,64-,65-,66-,67-,68-,69-,70-,71-,72-,73-,74-,75-,76-/m0/s1. The van der Waals surface area contributed by atoms with Crippen LogP contribution in [0.4, 0.5) is 0 Å². The number of nitrogens with two attached hydrogens (primary N) is 4. The molecule has 4 aromatic carbocycles. The molecule has 2 aromatic heterocycles. The van der Waals surface area contributed by atoms with Gasteiger partial charge in [-0.1, -0.05) is 132 Å². The van der Waals surface area contributed by atoms with Crippen LogP contribution in [0.25, 0.3) is 21.8 Å². The molecule has 6 aromatic rings. The molecule has 17 amide bonds. The van der Waals surface area contributed by atoms with Gasteiger partial charge >= 0.3 is 0 Å². The van der Waals surface area contributed by atoms with E-state index in [0.717, 1.165) is 27.1 Å². The summed E-state index contributed by atoms with van der Waals surface area (Å²) in [6.45, 7) is 6.05. The van der Waals surface area contributed by atoms with Gasteiger partial charge in [0.05, 0.1) is 25.3 Å². The van der Waals surface area contributed by atoms with Gasteiger partial charge < -0.3 is 121 Å². The highest BCUT2D eigenvalue weighted by atomic mass is 32.2. The minimum atomic E-state index is -1.86. The molecule has 3 saturated heterocycles. The highest BCUT2D eigenvalue weighted by Crippen LogP contribution is 2.34. The lowest BCUT2D eigenvalue weighted by Crippen LogP contribution is -2.62. The van der Waals surface area contributed by atoms with E-state index in [0.29, 0.717) is 64.2 Å². The van der Waals surface area contributed by atoms with Crippen LogP contribution >= 0.6 is 11.8 Å². The second kappa shape index (κ2) is 50.2. The molecule has 22 N–H and O–H groups in total. The van der Waals surface area contributed by atoms with Gasteiger partial charge in [0.25, 0.3) is 0 Å². The number of primary amides is 2. The van der Waals surface area contributed by atoms with Crippen LogP contribution in [0, 0.1) is 5.92 Å². The van der Waals surface area contributed by atoms with Crippen LogP contribution in [0.5, 0.6) is 5.75 Å². The van der Waals surface area contributed by atoms with Gasteiger partial charge in [0.1, 0.15) is 90.3 Å². The molecule has 3 aliphatic heterocycles. The number of aliphatic hydroxyl groups excluding tert-OH is 1. The van der Waals surface area contributed by atoms with Crippen molar-refractivity contribution in [2.24, 2.45) is 28.9 Å². The number of aromatic amines is 2. The van der Waals surface area contributed by atoms with Crippen LogP contribution in [-0.4, -0.2) is 302 Å². The fourth-order valence-electron chi connectivity index (χ4n) is 17.0. The number of phenols is 1. The van der Waals surface area contributed by atoms with Gasteiger partial charge in [0.2, 0.25) is 100 Å². The molecular weight excluding hydrogens is 1750 g/mol. The first-order valence-corrected chi connectivity index (χ1v) is 46.6. The molecule has 15 atom stereocenters. The molecule has 9 rings (SSSR count). The first-order valence-electron chi connectivity index (χ1n) is 45.5. The largest absolute Gasteiger partial charge is 0.508 e. The van der Waals surface area contributed by atoms with Gasteiger partial charge in [-0.15, -0.1) is 11.8 Å². The van der Waals surface area contributed by atoms with Crippen LogP contribution < -0.4 is 76.1 Å². The SMILES string of the molecule is CCCC[C@H]1C(=O)N(C)[C@@H](CCCC)C(=O)N[C@@H](CCCN)C(=O)N[C@H](C(=O)NCC(N)=O)CSCC(=O)N[C@@H](Cc2ccc(O)cc2)C(=O)N(C)[C@@H](C)C(=O)N[C@@H](CC(N)=O)C(=O)N2CCC[C@H]2C(=O)N[C@@H](CN)C(=O)N[C@@H](CC(C)C)C(=O)N2C[C@@H](c3ccccc3)C[C@H]2C(=O)N[C@@H](Cc2c[nH]c3ccccc23)C(=O)N[C@@H](CO)C(=O)N[C@@H](Cc2c[nH]c3ccccc23)C(=O)N1C. The number of para-hydroxylation sites is 2. The van der Waals surface area contributed by atoms with E-state index >= 15 is 33.6 Å². The first kappa shape index (κ1) is 105. The molecule has 726 valence electrons. The number of carbonyl (C=O) groups is 17. The van der Waals surface area contributed by atoms with Crippen molar-refractivity contribution in [1.29, 1.82) is 0 Å². The van der Waals surface area contributed by atoms with Crippen molar-refractivity contribution in [3.05, 3.63) is 138 Å². The second-order valence-electron chi connectivity index (χ2n) is 34.8. The molecule has 3 fully saturated rings. The Bertz CT molecular complexity index is 5150. The normalized spacial score (nSPS) is 24.9. The van der Waals surface area contributed by atoms with Crippen LogP contribution in [0.1, 0.15) is 146 Å². The number of aromatic nitrogens is 2. The third kappa shape index (κ3) is 28.3. The zero-order valence-corrected chi connectivity index (χ0v) is 77.8. The maximum Gasteiger partial charge on any atom is 0.246 e. The maximum absolute atomic E-state index is 15.8.